The molecule has 1 rings (SSSR count). The third kappa shape index (κ3) is 3.31. The van der Waals surface area contributed by atoms with Crippen LogP contribution < -0.4 is 4.72 Å². The summed E-state index contributed by atoms with van der Waals surface area (Å²) in [6, 6.07) is 0. The highest BCUT2D eigenvalue weighted by atomic mass is 32.2. The highest BCUT2D eigenvalue weighted by Crippen LogP contribution is 2.06. The Bertz CT molecular complexity index is 465. The third-order valence-electron chi connectivity index (χ3n) is 1.87. The Morgan fingerprint density at radius 3 is 2.81 bits per heavy atom. The molecule has 0 saturated heterocycles. The minimum Gasteiger partial charge on any atom is -0.481 e. The molecule has 1 heterocycles. The van der Waals surface area contributed by atoms with Crippen LogP contribution in [0.2, 0.25) is 0 Å². The van der Waals surface area contributed by atoms with Gasteiger partial charge < -0.3 is 5.11 Å². The van der Waals surface area contributed by atoms with Crippen molar-refractivity contribution in [1.82, 2.24) is 14.5 Å². The van der Waals surface area contributed by atoms with Gasteiger partial charge in [0.05, 0.1) is 12.6 Å². The maximum absolute atomic E-state index is 11.6. The molecule has 2 N–H and O–H groups in total. The molecule has 7 nitrogen and oxygen atoms in total. The molecule has 1 aromatic heterocycles. The number of aliphatic carboxylic acids is 1. The number of rotatable bonds is 6. The molecule has 8 heteroatoms. The topological polar surface area (TPSA) is 101 Å². The normalized spacial score (nSPS) is 11.6. The van der Waals surface area contributed by atoms with Gasteiger partial charge in [0.2, 0.25) is 10.0 Å². The van der Waals surface area contributed by atoms with E-state index >= 15 is 0 Å². The smallest absolute Gasteiger partial charge is 0.304 e. The molecule has 16 heavy (non-hydrogen) atoms. The van der Waals surface area contributed by atoms with Gasteiger partial charge in [0, 0.05) is 19.3 Å². The Hall–Kier alpha value is -1.41. The molecule has 0 unspecified atom stereocenters. The van der Waals surface area contributed by atoms with Crippen molar-refractivity contribution in [2.75, 3.05) is 6.54 Å². The molecule has 0 saturated carbocycles. The van der Waals surface area contributed by atoms with Gasteiger partial charge >= 0.3 is 5.97 Å². The van der Waals surface area contributed by atoms with Crippen LogP contribution in [0.4, 0.5) is 0 Å². The van der Waals surface area contributed by atoms with Gasteiger partial charge in [-0.25, -0.2) is 13.1 Å². The molecule has 0 aliphatic carbocycles. The van der Waals surface area contributed by atoms with Crippen LogP contribution in [-0.4, -0.2) is 35.8 Å². The van der Waals surface area contributed by atoms with E-state index in [4.69, 9.17) is 5.11 Å². The number of hydrogen-bond donors (Lipinski definition) is 2. The largest absolute Gasteiger partial charge is 0.481 e. The van der Waals surface area contributed by atoms with Gasteiger partial charge in [-0.05, 0) is 6.92 Å². The monoisotopic (exact) mass is 247 g/mol. The fourth-order valence-electron chi connectivity index (χ4n) is 1.03. The van der Waals surface area contributed by atoms with E-state index in [-0.39, 0.29) is 17.9 Å². The van der Waals surface area contributed by atoms with Gasteiger partial charge in [-0.1, -0.05) is 0 Å². The lowest BCUT2D eigenvalue weighted by Gasteiger charge is -2.01. The fourth-order valence-corrected chi connectivity index (χ4v) is 2.02. The summed E-state index contributed by atoms with van der Waals surface area (Å²) in [4.78, 5) is 10.3. The van der Waals surface area contributed by atoms with E-state index in [0.29, 0.717) is 6.54 Å². The predicted octanol–water partition coefficient (Wildman–Crippen LogP) is -0.344. The lowest BCUT2D eigenvalue weighted by Crippen LogP contribution is -2.26. The van der Waals surface area contributed by atoms with Gasteiger partial charge in [-0.15, -0.1) is 0 Å². The van der Waals surface area contributed by atoms with Gasteiger partial charge in [-0.3, -0.25) is 9.48 Å². The average Bonchev–Trinajstić information content (AvgIpc) is 2.65. The van der Waals surface area contributed by atoms with Gasteiger partial charge in [0.15, 0.2) is 0 Å². The predicted molar refractivity (Wildman–Crippen MR) is 55.3 cm³/mol. The molecule has 0 fully saturated rings. The van der Waals surface area contributed by atoms with Crippen molar-refractivity contribution < 1.29 is 18.3 Å². The fraction of sp³-hybridized carbons (Fsp3) is 0.500. The molecule has 0 aliphatic rings. The Kier molecular flexibility index (Phi) is 4.02. The lowest BCUT2D eigenvalue weighted by atomic mass is 10.5. The van der Waals surface area contributed by atoms with E-state index in [0.717, 1.165) is 0 Å². The standard InChI is InChI=1S/C8H13N3O4S/c1-2-11-6-7(5-9-11)16(14,15)10-4-3-8(12)13/h5-6,10H,2-4H2,1H3,(H,12,13). The van der Waals surface area contributed by atoms with E-state index in [1.54, 1.807) is 0 Å². The second kappa shape index (κ2) is 5.08. The molecule has 0 aromatic carbocycles. The molecule has 0 bridgehead atoms. The zero-order valence-corrected chi connectivity index (χ0v) is 9.57. The summed E-state index contributed by atoms with van der Waals surface area (Å²) in [6.45, 7) is 2.28. The number of aromatic nitrogens is 2. The van der Waals surface area contributed by atoms with Crippen LogP contribution in [0.5, 0.6) is 0 Å². The maximum atomic E-state index is 11.6. The Morgan fingerprint density at radius 2 is 2.31 bits per heavy atom. The van der Waals surface area contributed by atoms with Crippen LogP contribution in [0.25, 0.3) is 0 Å². The van der Waals surface area contributed by atoms with Crippen LogP contribution in [0.15, 0.2) is 17.3 Å². The summed E-state index contributed by atoms with van der Waals surface area (Å²) in [5.41, 5.74) is 0. The number of nitrogens with one attached hydrogen (secondary N) is 1. The first-order chi connectivity index (χ1) is 7.45. The van der Waals surface area contributed by atoms with Crippen molar-refractivity contribution in [3.8, 4) is 0 Å². The molecule has 0 aliphatic heterocycles. The van der Waals surface area contributed by atoms with E-state index in [1.165, 1.54) is 17.1 Å². The van der Waals surface area contributed by atoms with Crippen LogP contribution in [0.3, 0.4) is 0 Å². The maximum Gasteiger partial charge on any atom is 0.304 e. The Morgan fingerprint density at radius 1 is 1.62 bits per heavy atom. The summed E-state index contributed by atoms with van der Waals surface area (Å²) < 4.78 is 26.8. The van der Waals surface area contributed by atoms with E-state index in [9.17, 15) is 13.2 Å². The Balaban J connectivity index is 2.66. The molecule has 90 valence electrons. The van der Waals surface area contributed by atoms with Crippen molar-refractivity contribution in [3.63, 3.8) is 0 Å². The first kappa shape index (κ1) is 12.7. The minimum atomic E-state index is -3.64. The Labute approximate surface area is 93.1 Å². The average molecular weight is 247 g/mol. The molecule has 1 aromatic rings. The molecule has 0 amide bonds. The number of nitrogens with zero attached hydrogens (tertiary/aromatic N) is 2. The highest BCUT2D eigenvalue weighted by molar-refractivity contribution is 7.89. The van der Waals surface area contributed by atoms with Crippen LogP contribution in [0.1, 0.15) is 13.3 Å². The molecule has 0 atom stereocenters. The highest BCUT2D eigenvalue weighted by Gasteiger charge is 2.15. The second-order valence-electron chi connectivity index (χ2n) is 3.07. The number of carboxylic acids is 1. The first-order valence-electron chi connectivity index (χ1n) is 4.69. The zero-order valence-electron chi connectivity index (χ0n) is 8.75. The van der Waals surface area contributed by atoms with Crippen LogP contribution in [0, 0.1) is 0 Å². The minimum absolute atomic E-state index is 0.0414. The molecule has 0 radical (unpaired) electrons. The summed E-state index contributed by atoms with van der Waals surface area (Å²) in [5, 5.41) is 12.2. The number of carboxylic acid groups (broad SMARTS) is 1. The van der Waals surface area contributed by atoms with E-state index in [1.807, 2.05) is 6.92 Å². The molecular weight excluding hydrogens is 234 g/mol. The molecular formula is C8H13N3O4S. The van der Waals surface area contributed by atoms with Gasteiger partial charge in [0.25, 0.3) is 0 Å². The van der Waals surface area contributed by atoms with Crippen molar-refractivity contribution in [2.24, 2.45) is 0 Å². The number of aryl methyl sites for hydroxylation is 1. The van der Waals surface area contributed by atoms with Crippen LogP contribution >= 0.6 is 0 Å². The van der Waals surface area contributed by atoms with Crippen molar-refractivity contribution in [2.45, 2.75) is 24.8 Å². The van der Waals surface area contributed by atoms with Gasteiger partial charge in [-0.2, -0.15) is 5.10 Å². The number of hydrogen-bond acceptors (Lipinski definition) is 4. The SMILES string of the molecule is CCn1cc(S(=O)(=O)NCCC(=O)O)cn1. The van der Waals surface area contributed by atoms with E-state index < -0.39 is 16.0 Å². The zero-order chi connectivity index (χ0) is 12.2. The number of sulfonamides is 1. The van der Waals surface area contributed by atoms with Crippen molar-refractivity contribution in [3.05, 3.63) is 12.4 Å². The lowest BCUT2D eigenvalue weighted by molar-refractivity contribution is -0.136. The molecule has 0 spiro atoms. The quantitative estimate of drug-likeness (QED) is 0.715. The van der Waals surface area contributed by atoms with E-state index in [2.05, 4.69) is 9.82 Å². The third-order valence-corrected chi connectivity index (χ3v) is 3.29. The van der Waals surface area contributed by atoms with Crippen molar-refractivity contribution in [1.29, 1.82) is 0 Å². The van der Waals surface area contributed by atoms with Crippen LogP contribution in [-0.2, 0) is 21.4 Å². The van der Waals surface area contributed by atoms with Gasteiger partial charge in [0.1, 0.15) is 4.90 Å². The summed E-state index contributed by atoms with van der Waals surface area (Å²) in [5.74, 6) is -1.05. The summed E-state index contributed by atoms with van der Waals surface area (Å²) in [7, 11) is -3.64. The van der Waals surface area contributed by atoms with Crippen molar-refractivity contribution >= 4 is 16.0 Å². The first-order valence-corrected chi connectivity index (χ1v) is 6.18. The summed E-state index contributed by atoms with van der Waals surface area (Å²) in [6.07, 6.45) is 2.37. The summed E-state index contributed by atoms with van der Waals surface area (Å²) >= 11 is 0. The number of carbonyl (C=O) groups is 1. The second-order valence-corrected chi connectivity index (χ2v) is 4.84.